The normalized spacial score (nSPS) is 14.0. The van der Waals surface area contributed by atoms with Crippen molar-refractivity contribution in [1.29, 1.82) is 0 Å². The number of rotatable bonds is 3. The highest BCUT2D eigenvalue weighted by Gasteiger charge is 2.06. The second-order valence-electron chi connectivity index (χ2n) is 1.78. The number of hydrogen-bond acceptors (Lipinski definition) is 3. The van der Waals surface area contributed by atoms with Crippen molar-refractivity contribution in [2.24, 2.45) is 0 Å². The molecule has 0 aromatic carbocycles. The second-order valence-corrected chi connectivity index (χ2v) is 2.14. The molecule has 1 radical (unpaired) electrons. The van der Waals surface area contributed by atoms with Crippen LogP contribution in [0.15, 0.2) is 0 Å². The largest absolute Gasteiger partial charge is 0.299 e. The smallest absolute Gasteiger partial charge is 0.217 e. The van der Waals surface area contributed by atoms with Gasteiger partial charge in [0, 0.05) is 5.75 Å². The minimum Gasteiger partial charge on any atom is -0.299 e. The molecule has 0 fully saturated rings. The average Bonchev–Trinajstić information content (AvgIpc) is 1.69. The van der Waals surface area contributed by atoms with Gasteiger partial charge in [0.15, 0.2) is 0 Å². The number of hydrogen-bond donors (Lipinski definition) is 1. The molecule has 0 N–H and O–H groups in total. The Balaban J connectivity index is 3.51. The molecule has 47 valence electrons. The summed E-state index contributed by atoms with van der Waals surface area (Å²) >= 11 is 3.93. The Labute approximate surface area is 55.3 Å². The van der Waals surface area contributed by atoms with Crippen LogP contribution in [0.25, 0.3) is 0 Å². The van der Waals surface area contributed by atoms with Crippen molar-refractivity contribution in [1.82, 2.24) is 4.90 Å². The SMILES string of the molecule is CN(C)[C@H]([C]=O)CS. The van der Waals surface area contributed by atoms with Gasteiger partial charge in [0.25, 0.3) is 0 Å². The van der Waals surface area contributed by atoms with Crippen LogP contribution in [0.5, 0.6) is 0 Å². The molecule has 0 amide bonds. The second kappa shape index (κ2) is 3.92. The van der Waals surface area contributed by atoms with Crippen LogP contribution in [-0.4, -0.2) is 37.1 Å². The quantitative estimate of drug-likeness (QED) is 0.544. The first-order chi connectivity index (χ1) is 3.72. The van der Waals surface area contributed by atoms with Crippen LogP contribution in [0.2, 0.25) is 0 Å². The van der Waals surface area contributed by atoms with E-state index in [1.807, 2.05) is 20.4 Å². The summed E-state index contributed by atoms with van der Waals surface area (Å²) < 4.78 is 0. The molecule has 0 aliphatic heterocycles. The fraction of sp³-hybridized carbons (Fsp3) is 0.800. The Morgan fingerprint density at radius 1 is 1.75 bits per heavy atom. The molecule has 0 saturated carbocycles. The van der Waals surface area contributed by atoms with Crippen molar-refractivity contribution in [3.05, 3.63) is 0 Å². The van der Waals surface area contributed by atoms with Crippen LogP contribution in [-0.2, 0) is 4.79 Å². The van der Waals surface area contributed by atoms with Crippen LogP contribution >= 0.6 is 12.6 Å². The summed E-state index contributed by atoms with van der Waals surface area (Å²) in [4.78, 5) is 11.7. The molecular formula is C5H10NOS. The first kappa shape index (κ1) is 7.98. The van der Waals surface area contributed by atoms with Crippen LogP contribution in [0.1, 0.15) is 0 Å². The summed E-state index contributed by atoms with van der Waals surface area (Å²) in [7, 11) is 3.65. The number of thiol groups is 1. The molecule has 0 aliphatic carbocycles. The van der Waals surface area contributed by atoms with Gasteiger partial charge in [-0.2, -0.15) is 12.6 Å². The molecule has 3 heteroatoms. The summed E-state index contributed by atoms with van der Waals surface area (Å²) in [6, 6.07) is -0.154. The van der Waals surface area contributed by atoms with Crippen molar-refractivity contribution in [3.63, 3.8) is 0 Å². The maximum absolute atomic E-state index is 9.96. The highest BCUT2D eigenvalue weighted by Crippen LogP contribution is 1.89. The summed E-state index contributed by atoms with van der Waals surface area (Å²) in [5, 5.41) is 0. The maximum Gasteiger partial charge on any atom is 0.217 e. The lowest BCUT2D eigenvalue weighted by molar-refractivity contribution is 0.371. The highest BCUT2D eigenvalue weighted by atomic mass is 32.1. The molecule has 1 atom stereocenters. The van der Waals surface area contributed by atoms with Gasteiger partial charge in [0.1, 0.15) is 0 Å². The van der Waals surface area contributed by atoms with Crippen LogP contribution in [0, 0.1) is 0 Å². The lowest BCUT2D eigenvalue weighted by atomic mass is 10.3. The molecule has 0 bridgehead atoms. The van der Waals surface area contributed by atoms with E-state index in [1.165, 1.54) is 0 Å². The zero-order valence-electron chi connectivity index (χ0n) is 5.09. The summed E-state index contributed by atoms with van der Waals surface area (Å²) in [5.41, 5.74) is 0. The van der Waals surface area contributed by atoms with Gasteiger partial charge in [-0.3, -0.25) is 9.69 Å². The van der Waals surface area contributed by atoms with Gasteiger partial charge in [0.05, 0.1) is 6.04 Å². The van der Waals surface area contributed by atoms with Crippen molar-refractivity contribution in [3.8, 4) is 0 Å². The molecule has 8 heavy (non-hydrogen) atoms. The minimum atomic E-state index is -0.154. The first-order valence-electron chi connectivity index (χ1n) is 2.37. The molecule has 0 aromatic rings. The summed E-state index contributed by atoms with van der Waals surface area (Å²) in [6.07, 6.45) is 1.85. The van der Waals surface area contributed by atoms with Gasteiger partial charge in [-0.05, 0) is 14.1 Å². The fourth-order valence-corrected chi connectivity index (χ4v) is 0.707. The molecular weight excluding hydrogens is 122 g/mol. The van der Waals surface area contributed by atoms with E-state index in [4.69, 9.17) is 0 Å². The third-order valence-corrected chi connectivity index (χ3v) is 1.28. The topological polar surface area (TPSA) is 20.3 Å². The first-order valence-corrected chi connectivity index (χ1v) is 3.00. The third-order valence-electron chi connectivity index (χ3n) is 0.932. The lowest BCUT2D eigenvalue weighted by Crippen LogP contribution is -2.30. The number of nitrogens with zero attached hydrogens (tertiary/aromatic N) is 1. The standard InChI is InChI=1S/C5H10NOS/c1-6(2)5(3-7)4-8/h5,8H,4H2,1-2H3/t5-/m1/s1. The lowest BCUT2D eigenvalue weighted by Gasteiger charge is -2.13. The zero-order chi connectivity index (χ0) is 6.57. The molecule has 0 spiro atoms. The third kappa shape index (κ3) is 2.33. The van der Waals surface area contributed by atoms with E-state index in [2.05, 4.69) is 12.6 Å². The fourth-order valence-electron chi connectivity index (χ4n) is 0.306. The predicted octanol–water partition coefficient (Wildman–Crippen LogP) is -0.0439. The predicted molar refractivity (Wildman–Crippen MR) is 37.0 cm³/mol. The maximum atomic E-state index is 9.96. The van der Waals surface area contributed by atoms with Crippen molar-refractivity contribution in [2.45, 2.75) is 6.04 Å². The van der Waals surface area contributed by atoms with Crippen LogP contribution < -0.4 is 0 Å². The highest BCUT2D eigenvalue weighted by molar-refractivity contribution is 7.80. The zero-order valence-corrected chi connectivity index (χ0v) is 5.98. The number of likely N-dealkylation sites (N-methyl/N-ethyl adjacent to an activating group) is 1. The molecule has 0 rings (SSSR count). The molecule has 0 aliphatic rings. The molecule has 0 aromatic heterocycles. The Kier molecular flexibility index (Phi) is 3.91. The van der Waals surface area contributed by atoms with Gasteiger partial charge >= 0.3 is 0 Å². The van der Waals surface area contributed by atoms with E-state index in [1.54, 1.807) is 4.90 Å². The van der Waals surface area contributed by atoms with Gasteiger partial charge in [-0.15, -0.1) is 0 Å². The molecule has 2 nitrogen and oxygen atoms in total. The van der Waals surface area contributed by atoms with Gasteiger partial charge in [-0.25, -0.2) is 0 Å². The van der Waals surface area contributed by atoms with E-state index in [0.29, 0.717) is 5.75 Å². The van der Waals surface area contributed by atoms with E-state index >= 15 is 0 Å². The Morgan fingerprint density at radius 3 is 2.25 bits per heavy atom. The van der Waals surface area contributed by atoms with E-state index < -0.39 is 0 Å². The Morgan fingerprint density at radius 2 is 2.25 bits per heavy atom. The van der Waals surface area contributed by atoms with Crippen molar-refractivity contribution in [2.75, 3.05) is 19.8 Å². The summed E-state index contributed by atoms with van der Waals surface area (Å²) in [6.45, 7) is 0. The van der Waals surface area contributed by atoms with E-state index in [9.17, 15) is 4.79 Å². The Bertz CT molecular complexity index is 74.8. The summed E-state index contributed by atoms with van der Waals surface area (Å²) in [5.74, 6) is 0.538. The van der Waals surface area contributed by atoms with E-state index in [0.717, 1.165) is 0 Å². The van der Waals surface area contributed by atoms with Crippen LogP contribution in [0.4, 0.5) is 0 Å². The van der Waals surface area contributed by atoms with Gasteiger partial charge in [-0.1, -0.05) is 0 Å². The Hall–Kier alpha value is -0.0200. The van der Waals surface area contributed by atoms with E-state index in [-0.39, 0.29) is 6.04 Å². The van der Waals surface area contributed by atoms with Gasteiger partial charge in [0.2, 0.25) is 6.29 Å². The molecule has 0 heterocycles. The van der Waals surface area contributed by atoms with Crippen molar-refractivity contribution < 1.29 is 4.79 Å². The number of carbonyl (C=O) groups excluding carboxylic acids is 1. The molecule has 0 saturated heterocycles. The monoisotopic (exact) mass is 132 g/mol. The molecule has 0 unspecified atom stereocenters. The van der Waals surface area contributed by atoms with Gasteiger partial charge < -0.3 is 0 Å². The van der Waals surface area contributed by atoms with Crippen molar-refractivity contribution >= 4 is 18.9 Å². The average molecular weight is 132 g/mol. The minimum absolute atomic E-state index is 0.154. The van der Waals surface area contributed by atoms with Crippen LogP contribution in [0.3, 0.4) is 0 Å².